The fraction of sp³-hybridized carbons (Fsp3) is 0.478. The maximum absolute atomic E-state index is 13.9. The zero-order valence-corrected chi connectivity index (χ0v) is 17.1. The number of rotatable bonds is 6. The van der Waals surface area contributed by atoms with E-state index >= 15 is 0 Å². The van der Waals surface area contributed by atoms with Crippen LogP contribution in [0.3, 0.4) is 0 Å². The SMILES string of the molecule is CCc1cc(F)cc(Cl)c1-c1ccc(C)c(C(C)CC)c1C(C)CC. The lowest BCUT2D eigenvalue weighted by Crippen LogP contribution is -2.08. The van der Waals surface area contributed by atoms with Crippen LogP contribution in [-0.2, 0) is 6.42 Å². The molecule has 0 amide bonds. The minimum atomic E-state index is -0.259. The van der Waals surface area contributed by atoms with Crippen LogP contribution in [0.1, 0.15) is 81.5 Å². The molecule has 0 heterocycles. The molecule has 0 bridgehead atoms. The smallest absolute Gasteiger partial charge is 0.125 e. The molecule has 2 heteroatoms. The lowest BCUT2D eigenvalue weighted by Gasteiger charge is -2.26. The number of aryl methyl sites for hydroxylation is 2. The summed E-state index contributed by atoms with van der Waals surface area (Å²) in [6.07, 6.45) is 2.94. The van der Waals surface area contributed by atoms with Gasteiger partial charge in [-0.2, -0.15) is 0 Å². The minimum absolute atomic E-state index is 0.259. The molecule has 0 radical (unpaired) electrons. The van der Waals surface area contributed by atoms with E-state index in [1.807, 2.05) is 0 Å². The average Bonchev–Trinajstić information content (AvgIpc) is 2.59. The molecule has 0 saturated heterocycles. The molecule has 0 aliphatic heterocycles. The molecule has 0 aromatic heterocycles. The minimum Gasteiger partial charge on any atom is -0.207 e. The van der Waals surface area contributed by atoms with Gasteiger partial charge in [-0.15, -0.1) is 0 Å². The zero-order chi connectivity index (χ0) is 18.7. The quantitative estimate of drug-likeness (QED) is 0.488. The van der Waals surface area contributed by atoms with Crippen molar-refractivity contribution in [1.29, 1.82) is 0 Å². The van der Waals surface area contributed by atoms with Gasteiger partial charge in [0.1, 0.15) is 5.82 Å². The van der Waals surface area contributed by atoms with Crippen molar-refractivity contribution in [3.05, 3.63) is 57.4 Å². The van der Waals surface area contributed by atoms with E-state index in [9.17, 15) is 4.39 Å². The second-order valence-corrected chi connectivity index (χ2v) is 7.56. The second-order valence-electron chi connectivity index (χ2n) is 7.15. The van der Waals surface area contributed by atoms with Gasteiger partial charge < -0.3 is 0 Å². The molecule has 25 heavy (non-hydrogen) atoms. The van der Waals surface area contributed by atoms with Crippen LogP contribution < -0.4 is 0 Å². The number of halogens is 2. The predicted octanol–water partition coefficient (Wildman–Crippen LogP) is 8.04. The first kappa shape index (κ1) is 20.0. The molecular formula is C23H30ClF. The summed E-state index contributed by atoms with van der Waals surface area (Å²) in [5.74, 6) is 0.669. The van der Waals surface area contributed by atoms with Crippen molar-refractivity contribution in [2.24, 2.45) is 0 Å². The normalized spacial score (nSPS) is 13.8. The molecule has 0 saturated carbocycles. The lowest BCUT2D eigenvalue weighted by atomic mass is 9.78. The first-order valence-electron chi connectivity index (χ1n) is 9.47. The van der Waals surface area contributed by atoms with Crippen LogP contribution in [0.15, 0.2) is 24.3 Å². The highest BCUT2D eigenvalue weighted by molar-refractivity contribution is 6.33. The van der Waals surface area contributed by atoms with E-state index in [0.717, 1.165) is 30.4 Å². The van der Waals surface area contributed by atoms with Gasteiger partial charge in [0.05, 0.1) is 5.02 Å². The van der Waals surface area contributed by atoms with E-state index in [1.54, 1.807) is 6.07 Å². The highest BCUT2D eigenvalue weighted by atomic mass is 35.5. The molecule has 2 atom stereocenters. The van der Waals surface area contributed by atoms with E-state index in [0.29, 0.717) is 16.9 Å². The van der Waals surface area contributed by atoms with Gasteiger partial charge in [0, 0.05) is 5.56 Å². The van der Waals surface area contributed by atoms with Gasteiger partial charge in [-0.1, -0.05) is 58.4 Å². The highest BCUT2D eigenvalue weighted by Gasteiger charge is 2.23. The topological polar surface area (TPSA) is 0 Å². The molecule has 0 aliphatic rings. The standard InChI is InChI=1S/C23H30ClF/c1-7-14(4)21-16(6)10-11-19(22(21)15(5)8-2)23-17(9-3)12-18(25)13-20(23)24/h10-15H,7-9H2,1-6H3. The first-order chi connectivity index (χ1) is 11.8. The molecule has 0 fully saturated rings. The summed E-state index contributed by atoms with van der Waals surface area (Å²) in [4.78, 5) is 0. The Kier molecular flexibility index (Phi) is 6.68. The van der Waals surface area contributed by atoms with Crippen molar-refractivity contribution >= 4 is 11.6 Å². The molecular weight excluding hydrogens is 331 g/mol. The Morgan fingerprint density at radius 2 is 1.56 bits per heavy atom. The molecule has 2 aromatic rings. The Hall–Kier alpha value is -1.34. The van der Waals surface area contributed by atoms with Gasteiger partial charge in [0.15, 0.2) is 0 Å². The van der Waals surface area contributed by atoms with Gasteiger partial charge >= 0.3 is 0 Å². The van der Waals surface area contributed by atoms with Gasteiger partial charge in [0.2, 0.25) is 0 Å². The van der Waals surface area contributed by atoms with Crippen molar-refractivity contribution in [3.63, 3.8) is 0 Å². The van der Waals surface area contributed by atoms with Crippen LogP contribution in [0.4, 0.5) is 4.39 Å². The third kappa shape index (κ3) is 3.92. The molecule has 0 nitrogen and oxygen atoms in total. The van der Waals surface area contributed by atoms with E-state index in [-0.39, 0.29) is 5.82 Å². The van der Waals surface area contributed by atoms with Gasteiger partial charge in [0.25, 0.3) is 0 Å². The Morgan fingerprint density at radius 3 is 2.12 bits per heavy atom. The molecule has 0 aliphatic carbocycles. The molecule has 136 valence electrons. The van der Waals surface area contributed by atoms with Gasteiger partial charge in [-0.3, -0.25) is 0 Å². The monoisotopic (exact) mass is 360 g/mol. The fourth-order valence-corrected chi connectivity index (χ4v) is 4.09. The third-order valence-electron chi connectivity index (χ3n) is 5.50. The summed E-state index contributed by atoms with van der Waals surface area (Å²) in [5, 5.41) is 0.514. The van der Waals surface area contributed by atoms with Crippen LogP contribution in [-0.4, -0.2) is 0 Å². The maximum atomic E-state index is 13.9. The second kappa shape index (κ2) is 8.36. The summed E-state index contributed by atoms with van der Waals surface area (Å²) >= 11 is 6.53. The van der Waals surface area contributed by atoms with Crippen molar-refractivity contribution in [2.45, 2.75) is 72.6 Å². The van der Waals surface area contributed by atoms with E-state index in [1.165, 1.54) is 28.3 Å². The summed E-state index contributed by atoms with van der Waals surface area (Å²) in [6, 6.07) is 7.45. The number of hydrogen-bond acceptors (Lipinski definition) is 0. The van der Waals surface area contributed by atoms with Gasteiger partial charge in [-0.25, -0.2) is 4.39 Å². The Bertz CT molecular complexity index is 748. The summed E-state index contributed by atoms with van der Waals surface area (Å²) in [6.45, 7) is 13.3. The molecule has 2 rings (SSSR count). The third-order valence-corrected chi connectivity index (χ3v) is 5.80. The Balaban J connectivity index is 2.88. The summed E-state index contributed by atoms with van der Waals surface area (Å²) < 4.78 is 13.9. The summed E-state index contributed by atoms with van der Waals surface area (Å²) in [5.41, 5.74) is 7.33. The number of benzene rings is 2. The van der Waals surface area contributed by atoms with Crippen LogP contribution >= 0.6 is 11.6 Å². The van der Waals surface area contributed by atoms with Crippen LogP contribution in [0, 0.1) is 12.7 Å². The molecule has 2 unspecified atom stereocenters. The fourth-order valence-electron chi connectivity index (χ4n) is 3.76. The molecule has 0 N–H and O–H groups in total. The highest BCUT2D eigenvalue weighted by Crippen LogP contribution is 2.43. The molecule has 0 spiro atoms. The van der Waals surface area contributed by atoms with Crippen LogP contribution in [0.5, 0.6) is 0 Å². The zero-order valence-electron chi connectivity index (χ0n) is 16.3. The van der Waals surface area contributed by atoms with Crippen molar-refractivity contribution in [2.75, 3.05) is 0 Å². The lowest BCUT2D eigenvalue weighted by molar-refractivity contribution is 0.626. The average molecular weight is 361 g/mol. The summed E-state index contributed by atoms with van der Waals surface area (Å²) in [7, 11) is 0. The number of hydrogen-bond donors (Lipinski definition) is 0. The maximum Gasteiger partial charge on any atom is 0.125 e. The van der Waals surface area contributed by atoms with Crippen LogP contribution in [0.2, 0.25) is 5.02 Å². The van der Waals surface area contributed by atoms with Crippen LogP contribution in [0.25, 0.3) is 11.1 Å². The Morgan fingerprint density at radius 1 is 0.960 bits per heavy atom. The largest absolute Gasteiger partial charge is 0.207 e. The Labute approximate surface area is 157 Å². The van der Waals surface area contributed by atoms with E-state index in [4.69, 9.17) is 11.6 Å². The van der Waals surface area contributed by atoms with E-state index < -0.39 is 0 Å². The predicted molar refractivity (Wildman–Crippen MR) is 108 cm³/mol. The van der Waals surface area contributed by atoms with E-state index in [2.05, 4.69) is 53.7 Å². The first-order valence-corrected chi connectivity index (χ1v) is 9.84. The van der Waals surface area contributed by atoms with Crippen molar-refractivity contribution < 1.29 is 4.39 Å². The van der Waals surface area contributed by atoms with Gasteiger partial charge in [-0.05, 0) is 78.0 Å². The van der Waals surface area contributed by atoms with Crippen molar-refractivity contribution in [3.8, 4) is 11.1 Å². The van der Waals surface area contributed by atoms with Crippen molar-refractivity contribution in [1.82, 2.24) is 0 Å². The molecule has 2 aromatic carbocycles.